The molecule has 2 saturated carbocycles. The van der Waals surface area contributed by atoms with E-state index in [4.69, 9.17) is 23.1 Å². The maximum atomic E-state index is 10.6. The summed E-state index contributed by atoms with van der Waals surface area (Å²) in [6.45, 7) is 5.92. The molecule has 3 rings (SSSR count). The predicted octanol–water partition coefficient (Wildman–Crippen LogP) is 2.97. The Morgan fingerprint density at radius 1 is 1.37 bits per heavy atom. The summed E-state index contributed by atoms with van der Waals surface area (Å²) < 4.78 is 0. The lowest BCUT2D eigenvalue weighted by Gasteiger charge is -2.49. The SMILES string of the molecule is C/C(N)=C/C(N)=Nc1cc(Cl)nc(NC2C(C)CC3CC2CC(C)(O)C3)n1. The number of anilines is 1. The molecule has 0 spiro atoms. The van der Waals surface area contributed by atoms with Crippen LogP contribution in [0.4, 0.5) is 11.8 Å². The lowest BCUT2D eigenvalue weighted by Crippen LogP contribution is -2.50. The minimum absolute atomic E-state index is 0.187. The Morgan fingerprint density at radius 2 is 2.11 bits per heavy atom. The molecule has 7 nitrogen and oxygen atoms in total. The Kier molecular flexibility index (Phi) is 5.63. The minimum Gasteiger partial charge on any atom is -0.402 e. The van der Waals surface area contributed by atoms with Gasteiger partial charge in [0.15, 0.2) is 5.82 Å². The van der Waals surface area contributed by atoms with Crippen LogP contribution in [0.1, 0.15) is 46.5 Å². The molecule has 0 aliphatic heterocycles. The number of fused-ring (bicyclic) bond motifs is 2. The number of rotatable bonds is 4. The van der Waals surface area contributed by atoms with Crippen molar-refractivity contribution >= 4 is 29.2 Å². The zero-order valence-corrected chi connectivity index (χ0v) is 16.9. The third-order valence-electron chi connectivity index (χ3n) is 5.49. The highest BCUT2D eigenvalue weighted by atomic mass is 35.5. The number of halogens is 1. The summed E-state index contributed by atoms with van der Waals surface area (Å²) in [6, 6.07) is 1.75. The molecule has 2 fully saturated rings. The van der Waals surface area contributed by atoms with E-state index >= 15 is 0 Å². The van der Waals surface area contributed by atoms with Crippen LogP contribution in [0, 0.1) is 17.8 Å². The Bertz CT molecular complexity index is 757. The van der Waals surface area contributed by atoms with Gasteiger partial charge in [0.25, 0.3) is 0 Å². The van der Waals surface area contributed by atoms with Gasteiger partial charge in [0, 0.05) is 17.8 Å². The second kappa shape index (κ2) is 7.64. The lowest BCUT2D eigenvalue weighted by molar-refractivity contribution is -0.0502. The summed E-state index contributed by atoms with van der Waals surface area (Å²) in [5.74, 6) is 2.50. The number of nitrogens with one attached hydrogen (secondary N) is 1. The zero-order valence-electron chi connectivity index (χ0n) is 16.1. The fraction of sp³-hybridized carbons (Fsp3) is 0.632. The molecule has 5 atom stereocenters. The van der Waals surface area contributed by atoms with Gasteiger partial charge in [-0.25, -0.2) is 9.98 Å². The van der Waals surface area contributed by atoms with Crippen LogP contribution in [0.15, 0.2) is 22.8 Å². The van der Waals surface area contributed by atoms with Crippen molar-refractivity contribution in [3.05, 3.63) is 23.0 Å². The van der Waals surface area contributed by atoms with E-state index in [-0.39, 0.29) is 11.9 Å². The molecule has 5 unspecified atom stereocenters. The smallest absolute Gasteiger partial charge is 0.226 e. The molecule has 2 bridgehead atoms. The number of nitrogens with zero attached hydrogens (tertiary/aromatic N) is 3. The molecule has 2 aliphatic carbocycles. The molecule has 0 aromatic carbocycles. The molecule has 6 N–H and O–H groups in total. The summed E-state index contributed by atoms with van der Waals surface area (Å²) >= 11 is 6.16. The highest BCUT2D eigenvalue weighted by molar-refractivity contribution is 6.29. The summed E-state index contributed by atoms with van der Waals surface area (Å²) in [5, 5.41) is 14.3. The highest BCUT2D eigenvalue weighted by Crippen LogP contribution is 2.47. The Balaban J connectivity index is 1.81. The Hall–Kier alpha value is -1.86. The average molecular weight is 393 g/mol. The molecule has 27 heavy (non-hydrogen) atoms. The molecule has 8 heteroatoms. The summed E-state index contributed by atoms with van der Waals surface area (Å²) in [7, 11) is 0. The van der Waals surface area contributed by atoms with Gasteiger partial charge in [-0.3, -0.25) is 0 Å². The van der Waals surface area contributed by atoms with Crippen molar-refractivity contribution in [2.24, 2.45) is 34.2 Å². The van der Waals surface area contributed by atoms with Gasteiger partial charge in [0.1, 0.15) is 11.0 Å². The number of allylic oxidation sites excluding steroid dienone is 1. The van der Waals surface area contributed by atoms with Crippen molar-refractivity contribution in [3.8, 4) is 0 Å². The number of hydrogen-bond acceptors (Lipinski definition) is 6. The maximum Gasteiger partial charge on any atom is 0.226 e. The van der Waals surface area contributed by atoms with E-state index in [0.29, 0.717) is 40.4 Å². The van der Waals surface area contributed by atoms with Crippen molar-refractivity contribution in [2.45, 2.75) is 58.1 Å². The molecule has 0 saturated heterocycles. The van der Waals surface area contributed by atoms with E-state index in [0.717, 1.165) is 25.7 Å². The Labute approximate surface area is 165 Å². The zero-order chi connectivity index (χ0) is 19.8. The van der Waals surface area contributed by atoms with Gasteiger partial charge in [-0.1, -0.05) is 18.5 Å². The fourth-order valence-electron chi connectivity index (χ4n) is 4.79. The number of aliphatic imine (C=N–C) groups is 1. The topological polar surface area (TPSA) is 122 Å². The molecular weight excluding hydrogens is 364 g/mol. The first-order valence-corrected chi connectivity index (χ1v) is 9.80. The highest BCUT2D eigenvalue weighted by Gasteiger charge is 2.45. The molecule has 1 heterocycles. The average Bonchev–Trinajstić information content (AvgIpc) is 2.48. The number of nitrogens with two attached hydrogens (primary N) is 2. The van der Waals surface area contributed by atoms with Crippen molar-refractivity contribution in [3.63, 3.8) is 0 Å². The van der Waals surface area contributed by atoms with E-state index in [2.05, 4.69) is 27.2 Å². The van der Waals surface area contributed by atoms with E-state index in [1.54, 1.807) is 19.1 Å². The molecular formula is C19H29ClN6O. The van der Waals surface area contributed by atoms with Crippen LogP contribution in [0.2, 0.25) is 5.15 Å². The van der Waals surface area contributed by atoms with Gasteiger partial charge in [-0.15, -0.1) is 0 Å². The van der Waals surface area contributed by atoms with Crippen molar-refractivity contribution < 1.29 is 5.11 Å². The minimum atomic E-state index is -0.598. The predicted molar refractivity (Wildman–Crippen MR) is 109 cm³/mol. The van der Waals surface area contributed by atoms with Crippen LogP contribution < -0.4 is 16.8 Å². The third-order valence-corrected chi connectivity index (χ3v) is 5.68. The first-order valence-electron chi connectivity index (χ1n) is 9.43. The number of aromatic nitrogens is 2. The Morgan fingerprint density at radius 3 is 2.81 bits per heavy atom. The standard InChI is InChI=1S/C19H29ClN6O/c1-10-4-12-6-13(9-19(3,27)8-12)17(10)26-18-23-14(20)7-16(25-18)24-15(22)5-11(2)21/h5,7,10,12-13,17,27H,4,6,8-9,21H2,1-3H3,(H3,22,23,24,25,26)/b11-5-. The summed E-state index contributed by atoms with van der Waals surface area (Å²) in [6.07, 6.45) is 5.45. The van der Waals surface area contributed by atoms with Crippen LogP contribution in [0.25, 0.3) is 0 Å². The number of aliphatic hydroxyl groups is 1. The molecule has 1 aromatic rings. The van der Waals surface area contributed by atoms with Crippen LogP contribution in [0.3, 0.4) is 0 Å². The van der Waals surface area contributed by atoms with E-state index in [1.165, 1.54) is 0 Å². The molecule has 2 aliphatic rings. The molecule has 1 aromatic heterocycles. The number of hydrogen-bond donors (Lipinski definition) is 4. The van der Waals surface area contributed by atoms with Gasteiger partial charge in [0.2, 0.25) is 5.95 Å². The van der Waals surface area contributed by atoms with Gasteiger partial charge < -0.3 is 21.9 Å². The van der Waals surface area contributed by atoms with Gasteiger partial charge >= 0.3 is 0 Å². The number of amidine groups is 1. The summed E-state index contributed by atoms with van der Waals surface area (Å²) in [4.78, 5) is 13.0. The summed E-state index contributed by atoms with van der Waals surface area (Å²) in [5.41, 5.74) is 11.4. The molecule has 0 amide bonds. The second-order valence-corrected chi connectivity index (χ2v) is 8.83. The van der Waals surface area contributed by atoms with E-state index in [1.807, 2.05) is 6.92 Å². The fourth-order valence-corrected chi connectivity index (χ4v) is 4.97. The quantitative estimate of drug-likeness (QED) is 0.355. The first-order chi connectivity index (χ1) is 12.6. The van der Waals surface area contributed by atoms with E-state index < -0.39 is 5.60 Å². The van der Waals surface area contributed by atoms with Crippen molar-refractivity contribution in [1.29, 1.82) is 0 Å². The van der Waals surface area contributed by atoms with Crippen LogP contribution in [0.5, 0.6) is 0 Å². The van der Waals surface area contributed by atoms with Crippen LogP contribution in [-0.2, 0) is 0 Å². The monoisotopic (exact) mass is 392 g/mol. The van der Waals surface area contributed by atoms with Crippen molar-refractivity contribution in [2.75, 3.05) is 5.32 Å². The van der Waals surface area contributed by atoms with Crippen molar-refractivity contribution in [1.82, 2.24) is 9.97 Å². The van der Waals surface area contributed by atoms with E-state index in [9.17, 15) is 5.11 Å². The normalized spacial score (nSPS) is 34.4. The van der Waals surface area contributed by atoms with Gasteiger partial charge in [0.05, 0.1) is 5.60 Å². The largest absolute Gasteiger partial charge is 0.402 e. The van der Waals surface area contributed by atoms with Gasteiger partial charge in [-0.05, 0) is 63.4 Å². The lowest BCUT2D eigenvalue weighted by atomic mass is 9.61. The second-order valence-electron chi connectivity index (χ2n) is 8.45. The molecule has 148 valence electrons. The van der Waals surface area contributed by atoms with Crippen LogP contribution in [-0.4, -0.2) is 32.6 Å². The third kappa shape index (κ3) is 5.11. The van der Waals surface area contributed by atoms with Crippen LogP contribution >= 0.6 is 11.6 Å². The maximum absolute atomic E-state index is 10.6. The van der Waals surface area contributed by atoms with Gasteiger partial charge in [-0.2, -0.15) is 4.98 Å². The first kappa shape index (κ1) is 19.9. The molecule has 0 radical (unpaired) electrons.